The predicted molar refractivity (Wildman–Crippen MR) is 117 cm³/mol. The molecule has 3 N–H and O–H groups in total. The van der Waals surface area contributed by atoms with E-state index in [0.29, 0.717) is 22.5 Å². The Morgan fingerprint density at radius 2 is 1.32 bits per heavy atom. The van der Waals surface area contributed by atoms with E-state index < -0.39 is 29.1 Å². The molecule has 0 radical (unpaired) electrons. The zero-order valence-electron chi connectivity index (χ0n) is 18.8. The summed E-state index contributed by atoms with van der Waals surface area (Å²) in [5.74, 6) is -1.81. The molecule has 0 spiro atoms. The Kier molecular flexibility index (Phi) is 8.43. The topological polar surface area (TPSA) is 98.5 Å². The molecule has 0 heterocycles. The summed E-state index contributed by atoms with van der Waals surface area (Å²) in [5, 5.41) is 2.51. The number of nitrogens with two attached hydrogens (primary N) is 1. The van der Waals surface area contributed by atoms with Crippen LogP contribution in [0.5, 0.6) is 0 Å². The molecule has 31 heavy (non-hydrogen) atoms. The highest BCUT2D eigenvalue weighted by atomic mass is 19.1. The van der Waals surface area contributed by atoms with Crippen LogP contribution < -0.4 is 11.1 Å². The van der Waals surface area contributed by atoms with Gasteiger partial charge in [0, 0.05) is 11.4 Å². The van der Waals surface area contributed by atoms with Crippen LogP contribution in [0.15, 0.2) is 24.3 Å². The number of rotatable bonds is 3. The van der Waals surface area contributed by atoms with E-state index in [0.717, 1.165) is 0 Å². The lowest BCUT2D eigenvalue weighted by molar-refractivity contribution is 0.0635. The normalized spacial score (nSPS) is 10.6. The molecule has 0 aliphatic heterocycles. The van der Waals surface area contributed by atoms with Gasteiger partial charge in [0.25, 0.3) is 0 Å². The van der Waals surface area contributed by atoms with Crippen LogP contribution in [0.1, 0.15) is 66.5 Å². The van der Waals surface area contributed by atoms with E-state index in [1.165, 1.54) is 38.1 Å². The van der Waals surface area contributed by atoms with Gasteiger partial charge in [-0.05, 0) is 83.9 Å². The number of ketones is 2. The first-order chi connectivity index (χ1) is 14.1. The van der Waals surface area contributed by atoms with Crippen LogP contribution in [0, 0.1) is 25.5 Å². The van der Waals surface area contributed by atoms with E-state index in [1.54, 1.807) is 34.6 Å². The summed E-state index contributed by atoms with van der Waals surface area (Å²) in [6.45, 7) is 11.1. The molecule has 0 aliphatic carbocycles. The molecule has 0 saturated heterocycles. The quantitative estimate of drug-likeness (QED) is 0.484. The molecular formula is C23H28F2N2O4. The molecule has 0 unspecified atom stereocenters. The molecule has 0 atom stereocenters. The first kappa shape index (κ1) is 25.7. The number of benzene rings is 2. The Hall–Kier alpha value is -3.29. The molecule has 1 amide bonds. The van der Waals surface area contributed by atoms with Gasteiger partial charge in [0.15, 0.2) is 11.6 Å². The van der Waals surface area contributed by atoms with E-state index in [-0.39, 0.29) is 16.9 Å². The number of carbonyl (C=O) groups excluding carboxylic acids is 3. The Morgan fingerprint density at radius 1 is 0.871 bits per heavy atom. The van der Waals surface area contributed by atoms with Crippen molar-refractivity contribution in [3.8, 4) is 0 Å². The fraction of sp³-hybridized carbons (Fsp3) is 0.348. The monoisotopic (exact) mass is 434 g/mol. The number of nitrogens with one attached hydrogen (secondary N) is 1. The van der Waals surface area contributed by atoms with E-state index in [4.69, 9.17) is 10.5 Å². The van der Waals surface area contributed by atoms with Crippen LogP contribution in [0.4, 0.5) is 25.0 Å². The van der Waals surface area contributed by atoms with Crippen LogP contribution in [0.2, 0.25) is 0 Å². The SMILES string of the molecule is CC(=O)c1cc(N)c(C)cc1F.CC(=O)c1cc(NC(=O)OC(C)(C)C)c(C)cc1F. The average Bonchev–Trinajstić information content (AvgIpc) is 2.59. The summed E-state index contributed by atoms with van der Waals surface area (Å²) in [6, 6.07) is 5.17. The van der Waals surface area contributed by atoms with E-state index in [1.807, 2.05) is 0 Å². The van der Waals surface area contributed by atoms with Crippen LogP contribution in [0.3, 0.4) is 0 Å². The smallest absolute Gasteiger partial charge is 0.412 e. The summed E-state index contributed by atoms with van der Waals surface area (Å²) in [7, 11) is 0. The minimum Gasteiger partial charge on any atom is -0.444 e. The van der Waals surface area contributed by atoms with Gasteiger partial charge < -0.3 is 10.5 Å². The van der Waals surface area contributed by atoms with Crippen molar-refractivity contribution in [3.05, 3.63) is 58.2 Å². The van der Waals surface area contributed by atoms with Crippen LogP contribution >= 0.6 is 0 Å². The molecule has 0 fully saturated rings. The maximum absolute atomic E-state index is 13.5. The third kappa shape index (κ3) is 7.81. The number of carbonyl (C=O) groups is 3. The largest absolute Gasteiger partial charge is 0.444 e. The summed E-state index contributed by atoms with van der Waals surface area (Å²) < 4.78 is 31.6. The van der Waals surface area contributed by atoms with Gasteiger partial charge in [0.1, 0.15) is 17.2 Å². The second kappa shape index (κ2) is 10.1. The maximum atomic E-state index is 13.5. The zero-order valence-corrected chi connectivity index (χ0v) is 18.8. The maximum Gasteiger partial charge on any atom is 0.412 e. The zero-order chi connectivity index (χ0) is 24.1. The van der Waals surface area contributed by atoms with Gasteiger partial charge in [-0.2, -0.15) is 0 Å². The Labute approximate surface area is 180 Å². The highest BCUT2D eigenvalue weighted by Crippen LogP contribution is 2.22. The molecule has 2 aromatic rings. The van der Waals surface area contributed by atoms with Crippen molar-refractivity contribution < 1.29 is 27.9 Å². The first-order valence-electron chi connectivity index (χ1n) is 9.50. The van der Waals surface area contributed by atoms with E-state index in [9.17, 15) is 23.2 Å². The van der Waals surface area contributed by atoms with Crippen molar-refractivity contribution in [2.24, 2.45) is 0 Å². The molecule has 2 rings (SSSR count). The summed E-state index contributed by atoms with van der Waals surface area (Å²) in [6.07, 6.45) is -0.642. The second-order valence-corrected chi connectivity index (χ2v) is 8.07. The number of amides is 1. The molecule has 0 saturated carbocycles. The highest BCUT2D eigenvalue weighted by molar-refractivity contribution is 5.97. The number of Topliss-reactive ketones (excluding diaryl/α,β-unsaturated/α-hetero) is 2. The molecule has 6 nitrogen and oxygen atoms in total. The predicted octanol–water partition coefficient (Wildman–Crippen LogP) is 5.60. The molecule has 8 heteroatoms. The minimum atomic E-state index is -0.642. The minimum absolute atomic E-state index is 0.0538. The lowest BCUT2D eigenvalue weighted by atomic mass is 10.1. The lowest BCUT2D eigenvalue weighted by Crippen LogP contribution is -2.27. The third-order valence-corrected chi connectivity index (χ3v) is 4.06. The van der Waals surface area contributed by atoms with Crippen molar-refractivity contribution in [1.29, 1.82) is 0 Å². The number of hydrogen-bond acceptors (Lipinski definition) is 5. The molecular weight excluding hydrogens is 406 g/mol. The average molecular weight is 434 g/mol. The van der Waals surface area contributed by atoms with Crippen molar-refractivity contribution in [3.63, 3.8) is 0 Å². The number of halogens is 2. The number of anilines is 2. The first-order valence-corrected chi connectivity index (χ1v) is 9.50. The fourth-order valence-electron chi connectivity index (χ4n) is 2.45. The van der Waals surface area contributed by atoms with Gasteiger partial charge >= 0.3 is 6.09 Å². The highest BCUT2D eigenvalue weighted by Gasteiger charge is 2.18. The Morgan fingerprint density at radius 3 is 1.77 bits per heavy atom. The third-order valence-electron chi connectivity index (χ3n) is 4.06. The number of hydrogen-bond donors (Lipinski definition) is 2. The molecule has 0 aromatic heterocycles. The van der Waals surface area contributed by atoms with E-state index in [2.05, 4.69) is 5.32 Å². The Bertz CT molecular complexity index is 1010. The van der Waals surface area contributed by atoms with Gasteiger partial charge in [-0.25, -0.2) is 13.6 Å². The van der Waals surface area contributed by atoms with Crippen LogP contribution in [-0.2, 0) is 4.74 Å². The summed E-state index contributed by atoms with van der Waals surface area (Å²) >= 11 is 0. The molecule has 0 aliphatic rings. The van der Waals surface area contributed by atoms with Gasteiger partial charge in [0.05, 0.1) is 11.1 Å². The van der Waals surface area contributed by atoms with Crippen LogP contribution in [-0.4, -0.2) is 23.3 Å². The summed E-state index contributed by atoms with van der Waals surface area (Å²) in [5.41, 5.74) is 6.86. The number of aryl methyl sites for hydroxylation is 2. The second-order valence-electron chi connectivity index (χ2n) is 8.07. The fourth-order valence-corrected chi connectivity index (χ4v) is 2.45. The standard InChI is InChI=1S/C14H18FNO3.C9H10FNO/c1-8-6-11(15)10(9(2)17)7-12(8)16-13(18)19-14(3,4)5;1-5-3-8(10)7(6(2)12)4-9(5)11/h6-7H,1-5H3,(H,16,18);3-4H,11H2,1-2H3. The van der Waals surface area contributed by atoms with Gasteiger partial charge in [0.2, 0.25) is 0 Å². The molecule has 2 aromatic carbocycles. The van der Waals surface area contributed by atoms with Crippen LogP contribution in [0.25, 0.3) is 0 Å². The lowest BCUT2D eigenvalue weighted by Gasteiger charge is -2.20. The number of ether oxygens (including phenoxy) is 1. The van der Waals surface area contributed by atoms with Gasteiger partial charge in [-0.1, -0.05) is 0 Å². The summed E-state index contributed by atoms with van der Waals surface area (Å²) in [4.78, 5) is 33.7. The number of nitrogen functional groups attached to an aromatic ring is 1. The van der Waals surface area contributed by atoms with Crippen molar-refractivity contribution in [2.75, 3.05) is 11.1 Å². The van der Waals surface area contributed by atoms with Crippen molar-refractivity contribution >= 4 is 29.0 Å². The van der Waals surface area contributed by atoms with Crippen molar-refractivity contribution in [1.82, 2.24) is 0 Å². The van der Waals surface area contributed by atoms with E-state index >= 15 is 0 Å². The Balaban J connectivity index is 0.000000343. The van der Waals surface area contributed by atoms with Crippen molar-refractivity contribution in [2.45, 2.75) is 54.1 Å². The molecule has 0 bridgehead atoms. The van der Waals surface area contributed by atoms with Gasteiger partial charge in [-0.3, -0.25) is 14.9 Å². The molecule has 168 valence electrons. The van der Waals surface area contributed by atoms with Gasteiger partial charge in [-0.15, -0.1) is 0 Å².